The third-order valence-electron chi connectivity index (χ3n) is 5.44. The Morgan fingerprint density at radius 3 is 2.27 bits per heavy atom. The normalized spacial score (nSPS) is 17.3. The fraction of sp³-hybridized carbons (Fsp3) is 0.120. The van der Waals surface area contributed by atoms with Crippen molar-refractivity contribution in [2.45, 2.75) is 6.04 Å². The Kier molecular flexibility index (Phi) is 5.74. The number of aromatic hydroxyl groups is 1. The molecule has 3 aromatic carbocycles. The van der Waals surface area contributed by atoms with Gasteiger partial charge in [-0.2, -0.15) is 0 Å². The molecule has 0 bridgehead atoms. The molecule has 1 fully saturated rings. The molecule has 4 rings (SSSR count). The molecule has 0 radical (unpaired) electrons. The minimum atomic E-state index is -1.31. The van der Waals surface area contributed by atoms with Crippen LogP contribution in [-0.2, 0) is 9.59 Å². The number of anilines is 1. The Hall–Kier alpha value is -4.33. The number of hydrogen-bond acceptors (Lipinski definition) is 6. The first-order valence-corrected chi connectivity index (χ1v) is 9.94. The molecule has 1 saturated heterocycles. The van der Waals surface area contributed by atoms with E-state index in [1.54, 1.807) is 18.2 Å². The molecule has 0 spiro atoms. The number of aliphatic hydroxyl groups excluding tert-OH is 1. The summed E-state index contributed by atoms with van der Waals surface area (Å²) in [6.45, 7) is 0. The van der Waals surface area contributed by atoms with E-state index in [4.69, 9.17) is 9.47 Å². The van der Waals surface area contributed by atoms with Crippen molar-refractivity contribution in [3.8, 4) is 17.2 Å². The zero-order valence-electron chi connectivity index (χ0n) is 17.8. The summed E-state index contributed by atoms with van der Waals surface area (Å²) in [6.07, 6.45) is 0. The lowest BCUT2D eigenvalue weighted by Gasteiger charge is -2.26. The minimum absolute atomic E-state index is 0.0121. The van der Waals surface area contributed by atoms with Gasteiger partial charge in [-0.1, -0.05) is 30.3 Å². The van der Waals surface area contributed by atoms with Crippen LogP contribution in [0.25, 0.3) is 5.76 Å². The molecule has 33 heavy (non-hydrogen) atoms. The van der Waals surface area contributed by atoms with Crippen molar-refractivity contribution >= 4 is 23.1 Å². The van der Waals surface area contributed by atoms with Gasteiger partial charge in [0.25, 0.3) is 11.7 Å². The zero-order valence-corrected chi connectivity index (χ0v) is 17.8. The molecule has 2 N–H and O–H groups in total. The predicted molar refractivity (Wildman–Crippen MR) is 119 cm³/mol. The average molecular weight is 449 g/mol. The topological polar surface area (TPSA) is 96.3 Å². The Bertz CT molecular complexity index is 1290. The van der Waals surface area contributed by atoms with E-state index in [1.807, 2.05) is 0 Å². The number of halogens is 1. The van der Waals surface area contributed by atoms with Gasteiger partial charge in [0.2, 0.25) is 0 Å². The highest BCUT2D eigenvalue weighted by Crippen LogP contribution is 2.45. The van der Waals surface area contributed by atoms with Crippen molar-refractivity contribution in [2.24, 2.45) is 0 Å². The van der Waals surface area contributed by atoms with Crippen molar-refractivity contribution in [2.75, 3.05) is 19.1 Å². The maximum atomic E-state index is 14.9. The van der Waals surface area contributed by atoms with Crippen molar-refractivity contribution in [1.29, 1.82) is 0 Å². The van der Waals surface area contributed by atoms with Gasteiger partial charge in [0.15, 0.2) is 11.5 Å². The maximum absolute atomic E-state index is 14.9. The van der Waals surface area contributed by atoms with Crippen molar-refractivity contribution in [1.82, 2.24) is 0 Å². The molecule has 1 unspecified atom stereocenters. The van der Waals surface area contributed by atoms with Gasteiger partial charge in [-0.15, -0.1) is 0 Å². The van der Waals surface area contributed by atoms with E-state index in [1.165, 1.54) is 62.8 Å². The van der Waals surface area contributed by atoms with Gasteiger partial charge >= 0.3 is 0 Å². The number of carbonyl (C=O) groups excluding carboxylic acids is 2. The number of ketones is 1. The molecule has 1 aliphatic rings. The largest absolute Gasteiger partial charge is 0.507 e. The van der Waals surface area contributed by atoms with E-state index in [9.17, 15) is 24.2 Å². The molecular formula is C25H20FNO6. The summed E-state index contributed by atoms with van der Waals surface area (Å²) in [5.41, 5.74) is -0.147. The van der Waals surface area contributed by atoms with E-state index in [0.717, 1.165) is 4.90 Å². The quantitative estimate of drug-likeness (QED) is 0.345. The first-order chi connectivity index (χ1) is 15.9. The molecule has 3 aromatic rings. The highest BCUT2D eigenvalue weighted by Gasteiger charge is 2.48. The van der Waals surface area contributed by atoms with Crippen molar-refractivity contribution in [3.63, 3.8) is 0 Å². The van der Waals surface area contributed by atoms with Gasteiger partial charge in [0.05, 0.1) is 31.5 Å². The molecule has 1 atom stereocenters. The van der Waals surface area contributed by atoms with Gasteiger partial charge < -0.3 is 19.7 Å². The summed E-state index contributed by atoms with van der Waals surface area (Å²) in [4.78, 5) is 27.2. The van der Waals surface area contributed by atoms with Crippen LogP contribution in [0.1, 0.15) is 17.2 Å². The Morgan fingerprint density at radius 1 is 0.939 bits per heavy atom. The average Bonchev–Trinajstić information content (AvgIpc) is 3.09. The third-order valence-corrected chi connectivity index (χ3v) is 5.44. The van der Waals surface area contributed by atoms with Crippen LogP contribution in [0.3, 0.4) is 0 Å². The minimum Gasteiger partial charge on any atom is -0.507 e. The van der Waals surface area contributed by atoms with Gasteiger partial charge in [-0.05, 0) is 36.4 Å². The molecule has 1 amide bonds. The number of rotatable bonds is 5. The number of hydrogen-bond donors (Lipinski definition) is 2. The monoisotopic (exact) mass is 449 g/mol. The van der Waals surface area contributed by atoms with Crippen LogP contribution in [0.5, 0.6) is 17.2 Å². The molecule has 0 saturated carbocycles. The molecular weight excluding hydrogens is 429 g/mol. The van der Waals surface area contributed by atoms with Crippen LogP contribution in [-0.4, -0.2) is 36.1 Å². The lowest BCUT2D eigenvalue weighted by atomic mass is 9.94. The SMILES string of the molecule is COc1ccc(/C(O)=C2\C(=O)C(=O)N(c3ccccc3O)C2c2ccccc2F)cc1OC. The highest BCUT2D eigenvalue weighted by atomic mass is 19.1. The number of benzene rings is 3. The van der Waals surface area contributed by atoms with E-state index in [2.05, 4.69) is 0 Å². The third kappa shape index (κ3) is 3.65. The van der Waals surface area contributed by atoms with E-state index in [-0.39, 0.29) is 28.1 Å². The van der Waals surface area contributed by atoms with Gasteiger partial charge in [-0.25, -0.2) is 4.39 Å². The summed E-state index contributed by atoms with van der Waals surface area (Å²) >= 11 is 0. The Morgan fingerprint density at radius 2 is 1.61 bits per heavy atom. The number of Topliss-reactive ketones (excluding diaryl/α,β-unsaturated/α-hetero) is 1. The number of para-hydroxylation sites is 2. The van der Waals surface area contributed by atoms with Crippen LogP contribution in [0.15, 0.2) is 72.3 Å². The number of carbonyl (C=O) groups is 2. The van der Waals surface area contributed by atoms with Gasteiger partial charge in [0, 0.05) is 11.1 Å². The summed E-state index contributed by atoms with van der Waals surface area (Å²) in [6, 6.07) is 14.7. The molecule has 0 aromatic heterocycles. The van der Waals surface area contributed by atoms with E-state index < -0.39 is 29.3 Å². The molecule has 8 heteroatoms. The Balaban J connectivity index is 1.98. The molecule has 7 nitrogen and oxygen atoms in total. The lowest BCUT2D eigenvalue weighted by Crippen LogP contribution is -2.29. The second-order valence-corrected chi connectivity index (χ2v) is 7.25. The van der Waals surface area contributed by atoms with Crippen LogP contribution in [0, 0.1) is 5.82 Å². The van der Waals surface area contributed by atoms with Crippen LogP contribution in [0.4, 0.5) is 10.1 Å². The number of ether oxygens (including phenoxy) is 2. The van der Waals surface area contributed by atoms with E-state index >= 15 is 0 Å². The summed E-state index contributed by atoms with van der Waals surface area (Å²) in [5, 5.41) is 21.5. The van der Waals surface area contributed by atoms with Crippen LogP contribution < -0.4 is 14.4 Å². The molecule has 1 aliphatic heterocycles. The lowest BCUT2D eigenvalue weighted by molar-refractivity contribution is -0.132. The number of aliphatic hydroxyl groups is 1. The smallest absolute Gasteiger partial charge is 0.300 e. The molecule has 1 heterocycles. The number of nitrogens with zero attached hydrogens (tertiary/aromatic N) is 1. The van der Waals surface area contributed by atoms with Gasteiger partial charge in [-0.3, -0.25) is 14.5 Å². The first-order valence-electron chi connectivity index (χ1n) is 9.94. The summed E-state index contributed by atoms with van der Waals surface area (Å²) < 4.78 is 25.3. The second kappa shape index (κ2) is 8.66. The fourth-order valence-corrected chi connectivity index (χ4v) is 3.88. The number of phenols is 1. The standard InChI is InChI=1S/C25H20FNO6/c1-32-19-12-11-14(13-20(19)33-2)23(29)21-22(15-7-3-4-8-16(15)26)27(25(31)24(21)30)17-9-5-6-10-18(17)28/h3-13,22,28-29H,1-2H3/b23-21+. The second-order valence-electron chi connectivity index (χ2n) is 7.25. The van der Waals surface area contributed by atoms with Gasteiger partial charge in [0.1, 0.15) is 17.3 Å². The number of phenolic OH excluding ortho intramolecular Hbond substituents is 1. The summed E-state index contributed by atoms with van der Waals surface area (Å²) in [5.74, 6) is -2.80. The summed E-state index contributed by atoms with van der Waals surface area (Å²) in [7, 11) is 2.87. The molecule has 168 valence electrons. The number of amides is 1. The highest BCUT2D eigenvalue weighted by molar-refractivity contribution is 6.51. The maximum Gasteiger partial charge on any atom is 0.300 e. The van der Waals surface area contributed by atoms with Crippen LogP contribution >= 0.6 is 0 Å². The van der Waals surface area contributed by atoms with Crippen molar-refractivity contribution in [3.05, 3.63) is 89.2 Å². The zero-order chi connectivity index (χ0) is 23.7. The predicted octanol–water partition coefficient (Wildman–Crippen LogP) is 4.17. The van der Waals surface area contributed by atoms with Crippen molar-refractivity contribution < 1.29 is 33.7 Å². The van der Waals surface area contributed by atoms with E-state index in [0.29, 0.717) is 11.5 Å². The van der Waals surface area contributed by atoms with Crippen LogP contribution in [0.2, 0.25) is 0 Å². The Labute approximate surface area is 188 Å². The first kappa shape index (κ1) is 21.9. The molecule has 0 aliphatic carbocycles. The fourth-order valence-electron chi connectivity index (χ4n) is 3.88. The number of methoxy groups -OCH3 is 2.